The maximum absolute atomic E-state index is 12.7. The molecule has 0 aliphatic heterocycles. The summed E-state index contributed by atoms with van der Waals surface area (Å²) in [6, 6.07) is 14.6. The predicted octanol–water partition coefficient (Wildman–Crippen LogP) is 3.77. The topological polar surface area (TPSA) is 46.5 Å². The fourth-order valence-corrected chi connectivity index (χ4v) is 3.06. The van der Waals surface area contributed by atoms with Crippen molar-refractivity contribution < 1.29 is 14.6 Å². The number of ketones is 1. The van der Waals surface area contributed by atoms with Gasteiger partial charge in [-0.3, -0.25) is 4.79 Å². The van der Waals surface area contributed by atoms with Gasteiger partial charge < -0.3 is 9.84 Å². The molecule has 3 aromatic carbocycles. The summed E-state index contributed by atoms with van der Waals surface area (Å²) < 4.78 is 5.35. The van der Waals surface area contributed by atoms with Crippen molar-refractivity contribution in [2.75, 3.05) is 7.11 Å². The number of carbonyl (C=O) groups is 1. The van der Waals surface area contributed by atoms with E-state index in [0.717, 1.165) is 27.6 Å². The maximum Gasteiger partial charge on any atom is 0.198 e. The molecule has 0 heterocycles. The third kappa shape index (κ3) is 1.51. The van der Waals surface area contributed by atoms with Crippen LogP contribution in [0.5, 0.6) is 11.5 Å². The van der Waals surface area contributed by atoms with Crippen LogP contribution in [0, 0.1) is 0 Å². The Hall–Kier alpha value is -2.81. The highest BCUT2D eigenvalue weighted by atomic mass is 16.5. The largest absolute Gasteiger partial charge is 0.507 e. The average Bonchev–Trinajstić information content (AvgIpc) is 2.51. The van der Waals surface area contributed by atoms with Crippen LogP contribution in [0.3, 0.4) is 0 Å². The van der Waals surface area contributed by atoms with Gasteiger partial charge in [-0.2, -0.15) is 0 Å². The van der Waals surface area contributed by atoms with Crippen LogP contribution < -0.4 is 4.74 Å². The third-order valence-electron chi connectivity index (χ3n) is 3.99. The molecule has 0 aromatic heterocycles. The van der Waals surface area contributed by atoms with E-state index in [1.807, 2.05) is 30.3 Å². The van der Waals surface area contributed by atoms with E-state index in [1.165, 1.54) is 0 Å². The van der Waals surface area contributed by atoms with Crippen LogP contribution in [-0.2, 0) is 0 Å². The summed E-state index contributed by atoms with van der Waals surface area (Å²) >= 11 is 0. The van der Waals surface area contributed by atoms with Gasteiger partial charge in [-0.1, -0.05) is 30.3 Å². The average molecular weight is 276 g/mol. The number of methoxy groups -OCH3 is 1. The second-order valence-corrected chi connectivity index (χ2v) is 5.11. The molecule has 0 saturated carbocycles. The Morgan fingerprint density at radius 3 is 2.52 bits per heavy atom. The van der Waals surface area contributed by atoms with Crippen LogP contribution in [0.1, 0.15) is 15.9 Å². The fraction of sp³-hybridized carbons (Fsp3) is 0.0556. The van der Waals surface area contributed by atoms with E-state index in [4.69, 9.17) is 4.74 Å². The highest BCUT2D eigenvalue weighted by molar-refractivity contribution is 6.27. The smallest absolute Gasteiger partial charge is 0.198 e. The first kappa shape index (κ1) is 12.0. The van der Waals surface area contributed by atoms with E-state index in [2.05, 4.69) is 0 Å². The molecule has 102 valence electrons. The molecule has 0 spiro atoms. The molecule has 0 fully saturated rings. The lowest BCUT2D eigenvalue weighted by Crippen LogP contribution is -2.10. The van der Waals surface area contributed by atoms with Crippen molar-refractivity contribution in [3.63, 3.8) is 0 Å². The molecule has 3 nitrogen and oxygen atoms in total. The van der Waals surface area contributed by atoms with E-state index in [1.54, 1.807) is 25.3 Å². The molecule has 0 unspecified atom stereocenters. The number of phenols is 1. The number of ether oxygens (including phenoxy) is 1. The highest BCUT2D eigenvalue weighted by Gasteiger charge is 2.27. The van der Waals surface area contributed by atoms with Crippen LogP contribution in [0.2, 0.25) is 0 Å². The van der Waals surface area contributed by atoms with Crippen molar-refractivity contribution in [1.29, 1.82) is 0 Å². The number of rotatable bonds is 1. The molecule has 4 rings (SSSR count). The number of carbonyl (C=O) groups excluding carboxylic acids is 1. The Balaban J connectivity index is 2.24. The maximum atomic E-state index is 12.7. The molecule has 1 N–H and O–H groups in total. The molecule has 0 radical (unpaired) electrons. The molecule has 3 heteroatoms. The molecule has 0 amide bonds. The number of hydrogen-bond donors (Lipinski definition) is 1. The molecule has 1 aliphatic rings. The van der Waals surface area contributed by atoms with Crippen molar-refractivity contribution in [2.24, 2.45) is 0 Å². The van der Waals surface area contributed by atoms with Crippen LogP contribution in [0.4, 0.5) is 0 Å². The third-order valence-corrected chi connectivity index (χ3v) is 3.99. The molecule has 0 saturated heterocycles. The van der Waals surface area contributed by atoms with E-state index in [0.29, 0.717) is 11.1 Å². The molecule has 21 heavy (non-hydrogen) atoms. The van der Waals surface area contributed by atoms with Gasteiger partial charge in [0, 0.05) is 10.9 Å². The summed E-state index contributed by atoms with van der Waals surface area (Å²) in [6.07, 6.45) is 0. The Morgan fingerprint density at radius 2 is 1.71 bits per heavy atom. The van der Waals surface area contributed by atoms with Gasteiger partial charge in [-0.25, -0.2) is 0 Å². The van der Waals surface area contributed by atoms with Crippen molar-refractivity contribution in [3.05, 3.63) is 59.7 Å². The van der Waals surface area contributed by atoms with Crippen LogP contribution >= 0.6 is 0 Å². The van der Waals surface area contributed by atoms with E-state index in [-0.39, 0.29) is 11.5 Å². The van der Waals surface area contributed by atoms with Gasteiger partial charge >= 0.3 is 0 Å². The SMILES string of the molecule is COc1cc2c3c(cccc3c1)C(=O)c1c(O)cccc1-2. The first-order valence-corrected chi connectivity index (χ1v) is 6.68. The van der Waals surface area contributed by atoms with Gasteiger partial charge in [0.2, 0.25) is 0 Å². The summed E-state index contributed by atoms with van der Waals surface area (Å²) in [5, 5.41) is 12.0. The molecular weight excluding hydrogens is 264 g/mol. The zero-order valence-corrected chi connectivity index (χ0v) is 11.4. The van der Waals surface area contributed by atoms with Crippen molar-refractivity contribution in [1.82, 2.24) is 0 Å². The molecule has 1 aliphatic carbocycles. The first-order chi connectivity index (χ1) is 10.2. The Morgan fingerprint density at radius 1 is 0.952 bits per heavy atom. The number of phenolic OH excluding ortho intramolecular Hbond substituents is 1. The van der Waals surface area contributed by atoms with Crippen molar-refractivity contribution >= 4 is 16.6 Å². The van der Waals surface area contributed by atoms with E-state index < -0.39 is 0 Å². The summed E-state index contributed by atoms with van der Waals surface area (Å²) in [4.78, 5) is 12.7. The quantitative estimate of drug-likeness (QED) is 0.575. The first-order valence-electron chi connectivity index (χ1n) is 6.68. The molecule has 3 aromatic rings. The van der Waals surface area contributed by atoms with Gasteiger partial charge in [-0.15, -0.1) is 0 Å². The highest BCUT2D eigenvalue weighted by Crippen LogP contribution is 2.43. The van der Waals surface area contributed by atoms with Crippen LogP contribution in [0.25, 0.3) is 21.9 Å². The minimum atomic E-state index is -0.133. The second kappa shape index (κ2) is 4.09. The zero-order chi connectivity index (χ0) is 14.6. The lowest BCUT2D eigenvalue weighted by molar-refractivity contribution is 0.103. The lowest BCUT2D eigenvalue weighted by atomic mass is 9.82. The van der Waals surface area contributed by atoms with E-state index in [9.17, 15) is 9.90 Å². The minimum Gasteiger partial charge on any atom is -0.507 e. The standard InChI is InChI=1S/C18H12O3/c1-21-11-8-10-4-2-6-13-16(10)14(9-11)12-5-3-7-15(19)17(12)18(13)20/h2-9,19H,1H3. The van der Waals surface area contributed by atoms with Crippen LogP contribution in [-0.4, -0.2) is 18.0 Å². The second-order valence-electron chi connectivity index (χ2n) is 5.11. The van der Waals surface area contributed by atoms with E-state index >= 15 is 0 Å². The predicted molar refractivity (Wildman–Crippen MR) is 81.0 cm³/mol. The number of hydrogen-bond acceptors (Lipinski definition) is 3. The Labute approximate surface area is 121 Å². The zero-order valence-electron chi connectivity index (χ0n) is 11.4. The summed E-state index contributed by atoms with van der Waals surface area (Å²) in [5.41, 5.74) is 2.66. The number of fused-ring (bicyclic) bond motifs is 2. The summed E-state index contributed by atoms with van der Waals surface area (Å²) in [6.45, 7) is 0. The summed E-state index contributed by atoms with van der Waals surface area (Å²) in [5.74, 6) is 0.618. The molecule has 0 bridgehead atoms. The van der Waals surface area contributed by atoms with Gasteiger partial charge in [0.1, 0.15) is 11.5 Å². The minimum absolute atomic E-state index is 0.0166. The normalized spacial score (nSPS) is 12.3. The fourth-order valence-electron chi connectivity index (χ4n) is 3.06. The molecular formula is C18H12O3. The van der Waals surface area contributed by atoms with Crippen LogP contribution in [0.15, 0.2) is 48.5 Å². The van der Waals surface area contributed by atoms with Gasteiger partial charge in [0.15, 0.2) is 5.78 Å². The van der Waals surface area contributed by atoms with Gasteiger partial charge in [0.25, 0.3) is 0 Å². The van der Waals surface area contributed by atoms with Crippen molar-refractivity contribution in [3.8, 4) is 22.6 Å². The number of benzene rings is 3. The lowest BCUT2D eigenvalue weighted by Gasteiger charge is -2.21. The number of aromatic hydroxyl groups is 1. The van der Waals surface area contributed by atoms with Gasteiger partial charge in [-0.05, 0) is 34.7 Å². The monoisotopic (exact) mass is 276 g/mol. The molecule has 0 atom stereocenters. The van der Waals surface area contributed by atoms with Crippen molar-refractivity contribution in [2.45, 2.75) is 0 Å². The Kier molecular flexibility index (Phi) is 2.33. The van der Waals surface area contributed by atoms with Gasteiger partial charge in [0.05, 0.1) is 12.7 Å². The summed E-state index contributed by atoms with van der Waals surface area (Å²) in [7, 11) is 1.62. The Bertz CT molecular complexity index is 910.